The molecule has 0 aromatic heterocycles. The molecular weight excluding hydrogens is 420 g/mol. The molecule has 3 rings (SSSR count). The van der Waals surface area contributed by atoms with Crippen LogP contribution in [0.5, 0.6) is 11.5 Å². The van der Waals surface area contributed by atoms with Gasteiger partial charge in [-0.3, -0.25) is 9.69 Å². The number of amidine groups is 1. The van der Waals surface area contributed by atoms with Gasteiger partial charge in [0.1, 0.15) is 0 Å². The summed E-state index contributed by atoms with van der Waals surface area (Å²) in [6.45, 7) is 12.1. The van der Waals surface area contributed by atoms with E-state index in [1.807, 2.05) is 62.4 Å². The van der Waals surface area contributed by atoms with Gasteiger partial charge >= 0.3 is 0 Å². The minimum absolute atomic E-state index is 0.0131. The first kappa shape index (κ1) is 23.9. The van der Waals surface area contributed by atoms with Crippen molar-refractivity contribution in [3.8, 4) is 11.5 Å². The molecule has 1 aliphatic rings. The highest BCUT2D eigenvalue weighted by Crippen LogP contribution is 2.36. The number of aliphatic imine (C=N–C) groups is 1. The van der Waals surface area contributed by atoms with Gasteiger partial charge in [-0.15, -0.1) is 0 Å². The Morgan fingerprint density at radius 1 is 1.06 bits per heavy atom. The van der Waals surface area contributed by atoms with Gasteiger partial charge in [-0.1, -0.05) is 44.5 Å². The highest BCUT2D eigenvalue weighted by Gasteiger charge is 2.32. The largest absolute Gasteiger partial charge is 0.490 e. The maximum atomic E-state index is 13.1. The molecule has 0 atom stereocenters. The maximum Gasteiger partial charge on any atom is 0.266 e. The first-order chi connectivity index (χ1) is 15.4. The third-order valence-corrected chi connectivity index (χ3v) is 5.74. The predicted octanol–water partition coefficient (Wildman–Crippen LogP) is 6.44. The van der Waals surface area contributed by atoms with Crippen molar-refractivity contribution >= 4 is 34.6 Å². The van der Waals surface area contributed by atoms with Gasteiger partial charge in [0.25, 0.3) is 5.91 Å². The van der Waals surface area contributed by atoms with Gasteiger partial charge in [-0.05, 0) is 73.9 Å². The Morgan fingerprint density at radius 3 is 2.47 bits per heavy atom. The summed E-state index contributed by atoms with van der Waals surface area (Å²) in [4.78, 5) is 20.3. The van der Waals surface area contributed by atoms with Crippen LogP contribution in [0.15, 0.2) is 52.4 Å². The van der Waals surface area contributed by atoms with Crippen LogP contribution in [0, 0.1) is 12.8 Å². The second kappa shape index (κ2) is 11.2. The highest BCUT2D eigenvalue weighted by atomic mass is 32.2. The van der Waals surface area contributed by atoms with Crippen LogP contribution < -0.4 is 9.47 Å². The van der Waals surface area contributed by atoms with E-state index in [9.17, 15) is 4.79 Å². The monoisotopic (exact) mass is 452 g/mol. The van der Waals surface area contributed by atoms with Crippen molar-refractivity contribution in [2.75, 3.05) is 19.8 Å². The molecule has 1 heterocycles. The molecule has 2 aromatic carbocycles. The number of ether oxygens (including phenoxy) is 2. The van der Waals surface area contributed by atoms with Crippen molar-refractivity contribution in [2.24, 2.45) is 10.9 Å². The number of rotatable bonds is 9. The van der Waals surface area contributed by atoms with Crippen molar-refractivity contribution in [2.45, 2.75) is 41.0 Å². The topological polar surface area (TPSA) is 51.1 Å². The molecule has 0 aliphatic carbocycles. The Hall–Kier alpha value is -2.73. The summed E-state index contributed by atoms with van der Waals surface area (Å²) in [7, 11) is 0. The molecule has 1 amide bonds. The molecule has 0 bridgehead atoms. The van der Waals surface area contributed by atoms with Crippen LogP contribution in [0.3, 0.4) is 0 Å². The van der Waals surface area contributed by atoms with Gasteiger partial charge < -0.3 is 9.47 Å². The average Bonchev–Trinajstić information content (AvgIpc) is 3.04. The molecule has 0 spiro atoms. The lowest BCUT2D eigenvalue weighted by Crippen LogP contribution is -2.29. The van der Waals surface area contributed by atoms with Crippen molar-refractivity contribution < 1.29 is 14.3 Å². The lowest BCUT2D eigenvalue weighted by molar-refractivity contribution is -0.122. The molecule has 2 aromatic rings. The van der Waals surface area contributed by atoms with Gasteiger partial charge in [-0.2, -0.15) is 0 Å². The zero-order valence-corrected chi connectivity index (χ0v) is 20.4. The van der Waals surface area contributed by atoms with E-state index in [2.05, 4.69) is 20.8 Å². The first-order valence-corrected chi connectivity index (χ1v) is 12.0. The molecule has 6 heteroatoms. The molecule has 0 radical (unpaired) electrons. The van der Waals surface area contributed by atoms with E-state index < -0.39 is 0 Å². The summed E-state index contributed by atoms with van der Waals surface area (Å²) < 4.78 is 11.7. The fraction of sp³-hybridized carbons (Fsp3) is 0.385. The van der Waals surface area contributed by atoms with Crippen LogP contribution in [0.4, 0.5) is 5.69 Å². The molecule has 1 fully saturated rings. The number of nitrogens with zero attached hydrogens (tertiary/aromatic N) is 2. The van der Waals surface area contributed by atoms with Crippen LogP contribution in [0.25, 0.3) is 6.08 Å². The Balaban J connectivity index is 1.89. The Labute approximate surface area is 195 Å². The number of carbonyl (C=O) groups excluding carboxylic acids is 1. The summed E-state index contributed by atoms with van der Waals surface area (Å²) in [6.07, 6.45) is 2.77. The van der Waals surface area contributed by atoms with E-state index >= 15 is 0 Å². The molecule has 170 valence electrons. The third-order valence-electron chi connectivity index (χ3n) is 4.73. The van der Waals surface area contributed by atoms with Gasteiger partial charge in [0.15, 0.2) is 16.7 Å². The number of aryl methyl sites for hydroxylation is 1. The van der Waals surface area contributed by atoms with E-state index in [1.54, 1.807) is 4.90 Å². The lowest BCUT2D eigenvalue weighted by Gasteiger charge is -2.14. The molecule has 5 nitrogen and oxygen atoms in total. The normalized spacial score (nSPS) is 16.4. The minimum atomic E-state index is -0.0131. The minimum Gasteiger partial charge on any atom is -0.490 e. The van der Waals surface area contributed by atoms with Crippen LogP contribution in [0.1, 0.15) is 45.2 Å². The summed E-state index contributed by atoms with van der Waals surface area (Å²) >= 11 is 1.41. The summed E-state index contributed by atoms with van der Waals surface area (Å²) in [5.41, 5.74) is 2.92. The van der Waals surface area contributed by atoms with Crippen molar-refractivity contribution in [3.63, 3.8) is 0 Å². The number of thioether (sulfide) groups is 1. The first-order valence-electron chi connectivity index (χ1n) is 11.2. The fourth-order valence-corrected chi connectivity index (χ4v) is 4.18. The standard InChI is InChI=1S/C26H32N2O3S/c1-6-14-28-25(29)24(32-26(28)27-21-11-8-19(5)9-12-21)16-20-10-13-22(31-17-18(3)4)23(15-20)30-7-2/h8-13,15-16,18H,6-7,14,17H2,1-5H3/b24-16+,27-26?. The van der Waals surface area contributed by atoms with E-state index in [0.717, 1.165) is 23.4 Å². The summed E-state index contributed by atoms with van der Waals surface area (Å²) in [6, 6.07) is 13.8. The predicted molar refractivity (Wildman–Crippen MR) is 134 cm³/mol. The van der Waals surface area contributed by atoms with Gasteiger partial charge in [-0.25, -0.2) is 4.99 Å². The summed E-state index contributed by atoms with van der Waals surface area (Å²) in [5.74, 6) is 1.83. The van der Waals surface area contributed by atoms with Gasteiger partial charge in [0.05, 0.1) is 23.8 Å². The van der Waals surface area contributed by atoms with E-state index in [-0.39, 0.29) is 5.91 Å². The number of hydrogen-bond donors (Lipinski definition) is 0. The molecule has 0 unspecified atom stereocenters. The smallest absolute Gasteiger partial charge is 0.266 e. The van der Waals surface area contributed by atoms with Crippen LogP contribution in [-0.4, -0.2) is 35.7 Å². The van der Waals surface area contributed by atoms with Crippen LogP contribution in [0.2, 0.25) is 0 Å². The SMILES string of the molecule is CCCN1C(=O)/C(=C\c2ccc(OCC(C)C)c(OCC)c2)SC1=Nc1ccc(C)cc1. The molecular formula is C26H32N2O3S. The molecule has 1 saturated heterocycles. The number of hydrogen-bond acceptors (Lipinski definition) is 5. The second-order valence-electron chi connectivity index (χ2n) is 8.14. The lowest BCUT2D eigenvalue weighted by atomic mass is 10.1. The van der Waals surface area contributed by atoms with Crippen LogP contribution >= 0.6 is 11.8 Å². The number of amides is 1. The zero-order valence-electron chi connectivity index (χ0n) is 19.6. The average molecular weight is 453 g/mol. The van der Waals surface area contributed by atoms with Gasteiger partial charge in [0.2, 0.25) is 0 Å². The van der Waals surface area contributed by atoms with Gasteiger partial charge in [0, 0.05) is 6.54 Å². The zero-order chi connectivity index (χ0) is 23.1. The van der Waals surface area contributed by atoms with Crippen molar-refractivity contribution in [1.29, 1.82) is 0 Å². The number of carbonyl (C=O) groups is 1. The van der Waals surface area contributed by atoms with Crippen molar-refractivity contribution in [1.82, 2.24) is 4.90 Å². The molecule has 32 heavy (non-hydrogen) atoms. The van der Waals surface area contributed by atoms with E-state index in [4.69, 9.17) is 14.5 Å². The Morgan fingerprint density at radius 2 is 1.81 bits per heavy atom. The molecule has 0 saturated carbocycles. The highest BCUT2D eigenvalue weighted by molar-refractivity contribution is 8.18. The Bertz CT molecular complexity index is 997. The van der Waals surface area contributed by atoms with E-state index in [1.165, 1.54) is 17.3 Å². The molecule has 1 aliphatic heterocycles. The maximum absolute atomic E-state index is 13.1. The molecule has 0 N–H and O–H groups in total. The van der Waals surface area contributed by atoms with Crippen LogP contribution in [-0.2, 0) is 4.79 Å². The third kappa shape index (κ3) is 6.16. The van der Waals surface area contributed by atoms with E-state index in [0.29, 0.717) is 41.5 Å². The second-order valence-corrected chi connectivity index (χ2v) is 9.15. The summed E-state index contributed by atoms with van der Waals surface area (Å²) in [5, 5.41) is 0.717. The van der Waals surface area contributed by atoms with Crippen molar-refractivity contribution in [3.05, 3.63) is 58.5 Å². The quantitative estimate of drug-likeness (QED) is 0.411. The number of benzene rings is 2. The Kier molecular flexibility index (Phi) is 8.39. The fourth-order valence-electron chi connectivity index (χ4n) is 3.15.